The second-order valence-corrected chi connectivity index (χ2v) is 8.87. The van der Waals surface area contributed by atoms with Crippen molar-refractivity contribution in [3.63, 3.8) is 0 Å². The lowest BCUT2D eigenvalue weighted by Gasteiger charge is -2.48. The standard InChI is InChI=1S/C22H18N4O3S/c1-13-4-9-16(30-13)18-21(10-23,11-24)22(12-25)17(20(2,28-18)29-19(22)26)14-5-7-15(27-3)8-6-14/h4-9,17-18,26H,1-3H3. The second-order valence-electron chi connectivity index (χ2n) is 7.55. The lowest BCUT2D eigenvalue weighted by atomic mass is 9.53. The van der Waals surface area contributed by atoms with Gasteiger partial charge in [-0.1, -0.05) is 12.1 Å². The smallest absolute Gasteiger partial charge is 0.218 e. The number of nitriles is 3. The molecule has 0 amide bonds. The summed E-state index contributed by atoms with van der Waals surface area (Å²) in [6.07, 6.45) is -1.03. The van der Waals surface area contributed by atoms with Gasteiger partial charge >= 0.3 is 0 Å². The fourth-order valence-electron chi connectivity index (χ4n) is 4.63. The van der Waals surface area contributed by atoms with Gasteiger partial charge < -0.3 is 14.2 Å². The van der Waals surface area contributed by atoms with E-state index in [-0.39, 0.29) is 0 Å². The Morgan fingerprint density at radius 2 is 1.73 bits per heavy atom. The van der Waals surface area contributed by atoms with Crippen molar-refractivity contribution < 1.29 is 14.2 Å². The molecule has 8 heteroatoms. The number of benzene rings is 1. The average molecular weight is 418 g/mol. The van der Waals surface area contributed by atoms with Gasteiger partial charge in [-0.05, 0) is 36.8 Å². The molecule has 2 saturated heterocycles. The number of aryl methyl sites for hydroxylation is 1. The van der Waals surface area contributed by atoms with Crippen molar-refractivity contribution in [3.8, 4) is 24.0 Å². The maximum atomic E-state index is 10.4. The van der Waals surface area contributed by atoms with Crippen LogP contribution in [0.5, 0.6) is 5.75 Å². The van der Waals surface area contributed by atoms with Crippen LogP contribution in [0.1, 0.15) is 34.3 Å². The van der Waals surface area contributed by atoms with Gasteiger partial charge in [0.05, 0.1) is 31.2 Å². The van der Waals surface area contributed by atoms with Crippen molar-refractivity contribution in [2.24, 2.45) is 10.8 Å². The van der Waals surface area contributed by atoms with Gasteiger partial charge in [0.2, 0.25) is 17.1 Å². The van der Waals surface area contributed by atoms with E-state index in [9.17, 15) is 15.8 Å². The second kappa shape index (κ2) is 6.57. The van der Waals surface area contributed by atoms with E-state index in [2.05, 4.69) is 18.2 Å². The molecule has 0 saturated carbocycles. The summed E-state index contributed by atoms with van der Waals surface area (Å²) in [7, 11) is 1.54. The topological polar surface area (TPSA) is 123 Å². The first-order chi connectivity index (χ1) is 14.3. The monoisotopic (exact) mass is 418 g/mol. The van der Waals surface area contributed by atoms with Crippen LogP contribution in [0.15, 0.2) is 36.4 Å². The van der Waals surface area contributed by atoms with Crippen LogP contribution in [0.25, 0.3) is 0 Å². The Balaban J connectivity index is 2.00. The number of methoxy groups -OCH3 is 1. The normalized spacial score (nSPS) is 31.1. The van der Waals surface area contributed by atoms with Crippen molar-refractivity contribution in [1.29, 1.82) is 21.2 Å². The minimum atomic E-state index is -1.98. The largest absolute Gasteiger partial charge is 0.497 e. The van der Waals surface area contributed by atoms with Crippen LogP contribution in [-0.2, 0) is 9.47 Å². The number of ether oxygens (including phenoxy) is 3. The zero-order valence-corrected chi connectivity index (χ0v) is 17.4. The highest BCUT2D eigenvalue weighted by molar-refractivity contribution is 7.12. The molecule has 4 unspecified atom stereocenters. The average Bonchev–Trinajstić information content (AvgIpc) is 3.25. The van der Waals surface area contributed by atoms with E-state index in [0.29, 0.717) is 16.2 Å². The van der Waals surface area contributed by atoms with Crippen LogP contribution in [0.4, 0.5) is 0 Å². The van der Waals surface area contributed by atoms with Crippen molar-refractivity contribution in [2.75, 3.05) is 7.11 Å². The van der Waals surface area contributed by atoms with E-state index in [0.717, 1.165) is 4.88 Å². The van der Waals surface area contributed by atoms with Gasteiger partial charge in [0.15, 0.2) is 5.41 Å². The molecule has 1 aromatic heterocycles. The summed E-state index contributed by atoms with van der Waals surface area (Å²) in [5.74, 6) is -2.06. The molecule has 30 heavy (non-hydrogen) atoms. The minimum absolute atomic E-state index is 0.424. The SMILES string of the molecule is COc1ccc(C2C3(C)OC(=N)C2(C#N)C(C#N)(C#N)C(c2ccc(C)s2)O3)cc1. The third kappa shape index (κ3) is 2.28. The summed E-state index contributed by atoms with van der Waals surface area (Å²) in [4.78, 5) is 1.63. The van der Waals surface area contributed by atoms with Gasteiger partial charge in [-0.15, -0.1) is 11.3 Å². The van der Waals surface area contributed by atoms with Gasteiger partial charge in [-0.3, -0.25) is 5.41 Å². The molecule has 7 nitrogen and oxygen atoms in total. The van der Waals surface area contributed by atoms with E-state index < -0.39 is 34.5 Å². The molecule has 3 heterocycles. The highest BCUT2D eigenvalue weighted by Gasteiger charge is 2.79. The predicted molar refractivity (Wildman–Crippen MR) is 108 cm³/mol. The fraction of sp³-hybridized carbons (Fsp3) is 0.364. The third-order valence-corrected chi connectivity index (χ3v) is 7.03. The number of nitrogens with zero attached hydrogens (tertiary/aromatic N) is 3. The fourth-order valence-corrected chi connectivity index (χ4v) is 5.61. The molecule has 2 aliphatic rings. The number of rotatable bonds is 3. The summed E-state index contributed by atoms with van der Waals surface area (Å²) < 4.78 is 17.3. The molecular formula is C22H18N4O3S. The maximum absolute atomic E-state index is 10.4. The first-order valence-corrected chi connectivity index (χ1v) is 10.0. The summed E-state index contributed by atoms with van der Waals surface area (Å²) in [5.41, 5.74) is -3.20. The Kier molecular flexibility index (Phi) is 4.36. The Labute approximate surface area is 178 Å². The lowest BCUT2D eigenvalue weighted by Crippen LogP contribution is -2.57. The number of nitrogens with one attached hydrogen (secondary N) is 1. The highest BCUT2D eigenvalue weighted by Crippen LogP contribution is 2.69. The highest BCUT2D eigenvalue weighted by atomic mass is 32.1. The molecular weight excluding hydrogens is 400 g/mol. The third-order valence-electron chi connectivity index (χ3n) is 5.99. The van der Waals surface area contributed by atoms with Gasteiger partial charge in [-0.2, -0.15) is 15.8 Å². The first kappa shape index (κ1) is 19.9. The Morgan fingerprint density at radius 3 is 2.23 bits per heavy atom. The van der Waals surface area contributed by atoms with Crippen LogP contribution in [-0.4, -0.2) is 18.8 Å². The van der Waals surface area contributed by atoms with Crippen LogP contribution >= 0.6 is 11.3 Å². The zero-order chi connectivity index (χ0) is 21.7. The van der Waals surface area contributed by atoms with Crippen molar-refractivity contribution >= 4 is 17.2 Å². The van der Waals surface area contributed by atoms with Crippen molar-refractivity contribution in [2.45, 2.75) is 31.7 Å². The zero-order valence-electron chi connectivity index (χ0n) is 16.6. The molecule has 0 aliphatic carbocycles. The van der Waals surface area contributed by atoms with E-state index in [1.807, 2.05) is 13.0 Å². The van der Waals surface area contributed by atoms with Crippen molar-refractivity contribution in [1.82, 2.24) is 0 Å². The molecule has 4 rings (SSSR count). The lowest BCUT2D eigenvalue weighted by molar-refractivity contribution is -0.252. The van der Waals surface area contributed by atoms with Crippen LogP contribution in [0.3, 0.4) is 0 Å². The Bertz CT molecular complexity index is 1140. The van der Waals surface area contributed by atoms with Gasteiger partial charge in [0, 0.05) is 16.7 Å². The summed E-state index contributed by atoms with van der Waals surface area (Å²) >= 11 is 1.39. The van der Waals surface area contributed by atoms with Crippen LogP contribution in [0, 0.1) is 57.2 Å². The van der Waals surface area contributed by atoms with Gasteiger partial charge in [0.25, 0.3) is 0 Å². The number of thiophene rings is 1. The number of hydrogen-bond donors (Lipinski definition) is 1. The number of fused-ring (bicyclic) bond motifs is 2. The molecule has 0 spiro atoms. The van der Waals surface area contributed by atoms with Gasteiger partial charge in [-0.25, -0.2) is 0 Å². The summed E-state index contributed by atoms with van der Waals surface area (Å²) in [6.45, 7) is 3.56. The van der Waals surface area contributed by atoms with E-state index in [1.54, 1.807) is 44.4 Å². The minimum Gasteiger partial charge on any atom is -0.497 e. The molecule has 150 valence electrons. The van der Waals surface area contributed by atoms with Crippen molar-refractivity contribution in [3.05, 3.63) is 51.7 Å². The van der Waals surface area contributed by atoms with E-state index in [1.165, 1.54) is 11.3 Å². The molecule has 1 N–H and O–H groups in total. The van der Waals surface area contributed by atoms with Crippen LogP contribution in [0.2, 0.25) is 0 Å². The molecule has 2 bridgehead atoms. The summed E-state index contributed by atoms with van der Waals surface area (Å²) in [5, 5.41) is 39.5. The first-order valence-electron chi connectivity index (χ1n) is 9.21. The number of hydrogen-bond acceptors (Lipinski definition) is 8. The maximum Gasteiger partial charge on any atom is 0.218 e. The van der Waals surface area contributed by atoms with E-state index >= 15 is 0 Å². The summed E-state index contributed by atoms with van der Waals surface area (Å²) in [6, 6.07) is 16.9. The molecule has 2 aromatic rings. The van der Waals surface area contributed by atoms with Crippen LogP contribution < -0.4 is 4.74 Å². The molecule has 2 fully saturated rings. The van der Waals surface area contributed by atoms with E-state index in [4.69, 9.17) is 19.6 Å². The molecule has 0 radical (unpaired) electrons. The van der Waals surface area contributed by atoms with Gasteiger partial charge in [0.1, 0.15) is 11.9 Å². The molecule has 4 atom stereocenters. The molecule has 2 aliphatic heterocycles. The Hall–Kier alpha value is -3.38. The Morgan fingerprint density at radius 1 is 1.07 bits per heavy atom. The molecule has 1 aromatic carbocycles. The predicted octanol–water partition coefficient (Wildman–Crippen LogP) is 4.19. The quantitative estimate of drug-likeness (QED) is 0.797.